The Labute approximate surface area is 333 Å². The molecule has 12 heteroatoms. The van der Waals surface area contributed by atoms with E-state index in [1.54, 1.807) is 6.07 Å². The Kier molecular flexibility index (Phi) is 13.2. The van der Waals surface area contributed by atoms with Gasteiger partial charge in [-0.15, -0.1) is 0 Å². The summed E-state index contributed by atoms with van der Waals surface area (Å²) in [5.41, 5.74) is 9.66. The number of carbonyl (C=O) groups is 4. The molecule has 0 saturated carbocycles. The number of piperidine rings is 2. The van der Waals surface area contributed by atoms with Crippen molar-refractivity contribution < 1.29 is 33.8 Å². The van der Waals surface area contributed by atoms with E-state index < -0.39 is 17.2 Å². The van der Waals surface area contributed by atoms with Gasteiger partial charge in [-0.3, -0.25) is 14.6 Å². The first-order valence-electron chi connectivity index (χ1n) is 20.4. The summed E-state index contributed by atoms with van der Waals surface area (Å²) in [5.74, 6) is -1.25. The van der Waals surface area contributed by atoms with E-state index in [-0.39, 0.29) is 29.2 Å². The largest absolute Gasteiger partial charge is 0.478 e. The molecular formula is C44H65N5O7. The number of carbonyl (C=O) groups excluding carboxylic acids is 3. The molecule has 0 unspecified atom stereocenters. The summed E-state index contributed by atoms with van der Waals surface area (Å²) in [6.07, 6.45) is 7.95. The van der Waals surface area contributed by atoms with Crippen molar-refractivity contribution in [3.8, 4) is 0 Å². The van der Waals surface area contributed by atoms with Crippen LogP contribution in [-0.2, 0) is 22.6 Å². The van der Waals surface area contributed by atoms with Crippen molar-refractivity contribution in [1.29, 1.82) is 0 Å². The van der Waals surface area contributed by atoms with Crippen LogP contribution in [0, 0.1) is 13.8 Å². The molecule has 0 radical (unpaired) electrons. The summed E-state index contributed by atoms with van der Waals surface area (Å²) in [7, 11) is 0. The molecule has 2 aromatic carbocycles. The average molecular weight is 776 g/mol. The third-order valence-corrected chi connectivity index (χ3v) is 12.0. The summed E-state index contributed by atoms with van der Waals surface area (Å²) in [6, 6.07) is 11.7. The normalized spacial score (nSPS) is 19.8. The Bertz CT molecular complexity index is 1620. The monoisotopic (exact) mass is 775 g/mol. The number of hydrogen-bond acceptors (Lipinski definition) is 8. The van der Waals surface area contributed by atoms with E-state index in [1.165, 1.54) is 6.42 Å². The van der Waals surface area contributed by atoms with Crippen molar-refractivity contribution in [3.63, 3.8) is 0 Å². The number of ether oxygens (including phenoxy) is 2. The maximum atomic E-state index is 12.4. The first-order chi connectivity index (χ1) is 26.2. The molecule has 0 bridgehead atoms. The lowest BCUT2D eigenvalue weighted by Crippen LogP contribution is -2.53. The van der Waals surface area contributed by atoms with E-state index in [0.717, 1.165) is 106 Å². The highest BCUT2D eigenvalue weighted by Crippen LogP contribution is 2.41. The van der Waals surface area contributed by atoms with Crippen LogP contribution in [0.25, 0.3) is 0 Å². The predicted molar refractivity (Wildman–Crippen MR) is 217 cm³/mol. The Balaban J connectivity index is 0.000000214. The topological polar surface area (TPSA) is 146 Å². The number of aryl methyl sites for hydroxylation is 2. The highest BCUT2D eigenvalue weighted by atomic mass is 16.6. The minimum absolute atomic E-state index is 0.104. The van der Waals surface area contributed by atoms with Crippen LogP contribution in [-0.4, -0.2) is 110 Å². The van der Waals surface area contributed by atoms with Gasteiger partial charge < -0.3 is 30.1 Å². The van der Waals surface area contributed by atoms with E-state index in [4.69, 9.17) is 15.2 Å². The molecule has 4 saturated heterocycles. The number of likely N-dealkylation sites (tertiary alicyclic amines) is 4. The van der Waals surface area contributed by atoms with Gasteiger partial charge in [0.15, 0.2) is 0 Å². The molecule has 4 aliphatic rings. The number of nitrogens with zero attached hydrogens (tertiary/aromatic N) is 4. The molecule has 3 N–H and O–H groups in total. The van der Waals surface area contributed by atoms with Gasteiger partial charge in [0.25, 0.3) is 0 Å². The molecule has 6 rings (SSSR count). The SMILES string of the molecule is Cc1ccc(CN2CCCC23CCN(C(=O)OC(C)(C)C)CC3)cc1C(=O)O.Cc1ccc(CN2CCCC23CCN(C(=O)OC(C)(C)C)CC3)cc1C(N)=O. The zero-order chi connectivity index (χ0) is 41.1. The average Bonchev–Trinajstić information content (AvgIpc) is 3.67. The number of carboxylic acid groups (broad SMARTS) is 1. The summed E-state index contributed by atoms with van der Waals surface area (Å²) < 4.78 is 11.0. The van der Waals surface area contributed by atoms with Crippen LogP contribution in [0.4, 0.5) is 9.59 Å². The Morgan fingerprint density at radius 3 is 1.36 bits per heavy atom. The second-order valence-corrected chi connectivity index (χ2v) is 18.4. The maximum absolute atomic E-state index is 12.4. The molecule has 308 valence electrons. The van der Waals surface area contributed by atoms with Crippen LogP contribution in [0.15, 0.2) is 36.4 Å². The second-order valence-electron chi connectivity index (χ2n) is 18.4. The van der Waals surface area contributed by atoms with Gasteiger partial charge in [0, 0.05) is 55.9 Å². The molecule has 0 atom stereocenters. The number of carboxylic acids is 1. The molecule has 12 nitrogen and oxygen atoms in total. The predicted octanol–water partition coefficient (Wildman–Crippen LogP) is 7.52. The van der Waals surface area contributed by atoms with E-state index in [9.17, 15) is 24.3 Å². The molecule has 56 heavy (non-hydrogen) atoms. The molecular weight excluding hydrogens is 711 g/mol. The lowest BCUT2D eigenvalue weighted by molar-refractivity contribution is 0.000719. The van der Waals surface area contributed by atoms with Crippen molar-refractivity contribution in [2.75, 3.05) is 39.3 Å². The van der Waals surface area contributed by atoms with Crippen LogP contribution >= 0.6 is 0 Å². The molecule has 4 fully saturated rings. The van der Waals surface area contributed by atoms with Crippen molar-refractivity contribution >= 4 is 24.1 Å². The van der Waals surface area contributed by atoms with Crippen LogP contribution in [0.1, 0.15) is 136 Å². The standard InChI is InChI=1S/C22H33N3O3.C22H32N2O4/c1-16-6-7-17(14-18(16)19(23)26)15-25-11-5-8-22(25)9-12-24(13-10-22)20(27)28-21(2,3)4;1-16-6-7-17(14-18(16)19(25)26)15-24-11-5-8-22(24)9-12-23(13-10-22)20(27)28-21(2,3)4/h6-7,14H,5,8-13,15H2,1-4H3,(H2,23,26);6-7,14H,5,8-13,15H2,1-4H3,(H,25,26). The molecule has 2 spiro atoms. The van der Waals surface area contributed by atoms with E-state index in [0.29, 0.717) is 24.2 Å². The summed E-state index contributed by atoms with van der Waals surface area (Å²) in [4.78, 5) is 56.5. The minimum atomic E-state index is -0.874. The maximum Gasteiger partial charge on any atom is 0.410 e. The number of benzene rings is 2. The minimum Gasteiger partial charge on any atom is -0.478 e. The van der Waals surface area contributed by atoms with E-state index in [1.807, 2.05) is 89.5 Å². The third kappa shape index (κ3) is 10.6. The highest BCUT2D eigenvalue weighted by Gasteiger charge is 2.45. The Hall–Kier alpha value is -4.16. The van der Waals surface area contributed by atoms with Gasteiger partial charge in [0.1, 0.15) is 11.2 Å². The van der Waals surface area contributed by atoms with Gasteiger partial charge in [0.05, 0.1) is 5.56 Å². The van der Waals surface area contributed by atoms with Crippen LogP contribution < -0.4 is 5.73 Å². The smallest absolute Gasteiger partial charge is 0.410 e. The molecule has 0 aromatic heterocycles. The zero-order valence-electron chi connectivity index (χ0n) is 35.0. The van der Waals surface area contributed by atoms with E-state index in [2.05, 4.69) is 15.9 Å². The fourth-order valence-corrected chi connectivity index (χ4v) is 8.95. The fourth-order valence-electron chi connectivity index (χ4n) is 8.95. The number of primary amides is 1. The fraction of sp³-hybridized carbons (Fsp3) is 0.636. The van der Waals surface area contributed by atoms with Crippen molar-refractivity contribution in [3.05, 3.63) is 69.8 Å². The van der Waals surface area contributed by atoms with Crippen LogP contribution in [0.3, 0.4) is 0 Å². The first kappa shape index (κ1) is 43.0. The van der Waals surface area contributed by atoms with E-state index >= 15 is 0 Å². The third-order valence-electron chi connectivity index (χ3n) is 12.0. The Morgan fingerprint density at radius 2 is 1.00 bits per heavy atom. The van der Waals surface area contributed by atoms with Gasteiger partial charge >= 0.3 is 18.2 Å². The summed E-state index contributed by atoms with van der Waals surface area (Å²) >= 11 is 0. The molecule has 2 aromatic rings. The van der Waals surface area contributed by atoms with Crippen molar-refractivity contribution in [1.82, 2.24) is 19.6 Å². The van der Waals surface area contributed by atoms with Crippen molar-refractivity contribution in [2.45, 2.75) is 142 Å². The number of rotatable bonds is 6. The zero-order valence-corrected chi connectivity index (χ0v) is 35.0. The number of amides is 3. The Morgan fingerprint density at radius 1 is 0.625 bits per heavy atom. The molecule has 4 heterocycles. The second kappa shape index (κ2) is 17.1. The quantitative estimate of drug-likeness (QED) is 0.304. The van der Waals surface area contributed by atoms with Gasteiger partial charge in [0.2, 0.25) is 5.91 Å². The number of hydrogen-bond donors (Lipinski definition) is 2. The summed E-state index contributed by atoms with van der Waals surface area (Å²) in [5, 5.41) is 9.39. The van der Waals surface area contributed by atoms with Gasteiger partial charge in [-0.05, 0) is 154 Å². The molecule has 0 aliphatic carbocycles. The molecule has 3 amide bonds. The van der Waals surface area contributed by atoms with Crippen LogP contribution in [0.2, 0.25) is 0 Å². The number of nitrogens with two attached hydrogens (primary N) is 1. The first-order valence-corrected chi connectivity index (χ1v) is 20.4. The van der Waals surface area contributed by atoms with Crippen LogP contribution in [0.5, 0.6) is 0 Å². The number of aromatic carboxylic acids is 1. The van der Waals surface area contributed by atoms with Crippen molar-refractivity contribution in [2.24, 2.45) is 5.73 Å². The van der Waals surface area contributed by atoms with Gasteiger partial charge in [-0.25, -0.2) is 14.4 Å². The van der Waals surface area contributed by atoms with Gasteiger partial charge in [-0.2, -0.15) is 0 Å². The van der Waals surface area contributed by atoms with Gasteiger partial charge in [-0.1, -0.05) is 24.3 Å². The lowest BCUT2D eigenvalue weighted by Gasteiger charge is -2.45. The summed E-state index contributed by atoms with van der Waals surface area (Å²) in [6.45, 7) is 21.6. The molecule has 4 aliphatic heterocycles. The lowest BCUT2D eigenvalue weighted by atomic mass is 9.84. The highest BCUT2D eigenvalue weighted by molar-refractivity contribution is 5.94.